The van der Waals surface area contributed by atoms with Gasteiger partial charge in [0.25, 0.3) is 0 Å². The van der Waals surface area contributed by atoms with Crippen LogP contribution in [0.2, 0.25) is 0 Å². The lowest BCUT2D eigenvalue weighted by Gasteiger charge is -2.36. The number of hydrogen-bond acceptors (Lipinski definition) is 9. The Balaban J connectivity index is 7.25. The molecule has 0 amide bonds. The Morgan fingerprint density at radius 3 is 0.800 bits per heavy atom. The summed E-state index contributed by atoms with van der Waals surface area (Å²) < 4.78 is 0. The topological polar surface area (TPSA) is 114 Å². The van der Waals surface area contributed by atoms with Crippen LogP contribution in [0.5, 0.6) is 0 Å². The molecule has 10 atom stereocenters. The Bertz CT molecular complexity index is 1730. The minimum atomic E-state index is -0.622. The molecule has 9 heteroatoms. The standard InChI is InChI=1S/C91H178N4O5/c1-12-18-24-30-36-42-44-46-52-58-64-82(7)76-93(77-87(96)69-63-57-51-45-43-37-31-25-19-13-2)73-70-92(71-74-94(78-88(97)83(8)65-59-53-47-38-32-26-20-14-3)79-89(98)84(9)66-60-54-48-39-33-27-21-15-4)72-75-95(80-90(99)85(10)67-61-55-49-40-34-28-22-16-5)81-91(100)86(11)68-62-56-50-41-35-29-23-17-6/h14,20,26,32,38,47,53,59,65,82-91,96-100H,3,12-13,15-19,21-25,27-31,33-37,39-46,48-52,54-58,60-64,66-81H2,1-2,4-11H3/b26-20+,38-32+,53-47+,65-59+. The summed E-state index contributed by atoms with van der Waals surface area (Å²) >= 11 is 0. The lowest BCUT2D eigenvalue weighted by Crippen LogP contribution is -2.49. The molecule has 0 saturated heterocycles. The van der Waals surface area contributed by atoms with Gasteiger partial charge in [0.05, 0.1) is 30.5 Å². The van der Waals surface area contributed by atoms with Crippen molar-refractivity contribution >= 4 is 0 Å². The van der Waals surface area contributed by atoms with E-state index in [1.807, 2.05) is 42.5 Å². The van der Waals surface area contributed by atoms with E-state index in [0.29, 0.717) is 45.2 Å². The fourth-order valence-corrected chi connectivity index (χ4v) is 14.6. The molecule has 0 fully saturated rings. The number of aliphatic hydroxyl groups is 5. The number of rotatable bonds is 79. The van der Waals surface area contributed by atoms with E-state index in [1.54, 1.807) is 6.08 Å². The summed E-state index contributed by atoms with van der Waals surface area (Å²) in [4.78, 5) is 9.99. The molecule has 0 spiro atoms. The maximum absolute atomic E-state index is 12.2. The molecule has 0 aromatic carbocycles. The fourth-order valence-electron chi connectivity index (χ4n) is 14.6. The van der Waals surface area contributed by atoms with E-state index in [0.717, 1.165) is 90.6 Å². The molecule has 0 aromatic heterocycles. The van der Waals surface area contributed by atoms with Gasteiger partial charge in [0, 0.05) is 84.5 Å². The van der Waals surface area contributed by atoms with Crippen molar-refractivity contribution in [2.24, 2.45) is 29.6 Å². The quantitative estimate of drug-likeness (QED) is 0.0300. The van der Waals surface area contributed by atoms with Crippen LogP contribution in [0, 0.1) is 29.6 Å². The van der Waals surface area contributed by atoms with Crippen LogP contribution in [-0.4, -0.2) is 154 Å². The van der Waals surface area contributed by atoms with Crippen molar-refractivity contribution in [3.63, 3.8) is 0 Å². The summed E-state index contributed by atoms with van der Waals surface area (Å²) in [6, 6.07) is 0. The van der Waals surface area contributed by atoms with E-state index in [9.17, 15) is 25.5 Å². The highest BCUT2D eigenvalue weighted by molar-refractivity contribution is 5.17. The van der Waals surface area contributed by atoms with E-state index in [2.05, 4.69) is 101 Å². The molecule has 5 N–H and O–H groups in total. The Labute approximate surface area is 625 Å². The van der Waals surface area contributed by atoms with Crippen molar-refractivity contribution in [1.82, 2.24) is 19.6 Å². The van der Waals surface area contributed by atoms with Crippen LogP contribution in [0.4, 0.5) is 0 Å². The average Bonchev–Trinajstić information content (AvgIpc) is 0.965. The Hall–Kier alpha value is -1.66. The molecule has 0 heterocycles. The van der Waals surface area contributed by atoms with Crippen LogP contribution < -0.4 is 0 Å². The summed E-state index contributed by atoms with van der Waals surface area (Å²) in [5.74, 6) is 0.932. The summed E-state index contributed by atoms with van der Waals surface area (Å²) in [5.41, 5.74) is 0. The molecular formula is C91H178N4O5. The largest absolute Gasteiger partial charge is 0.392 e. The van der Waals surface area contributed by atoms with Crippen LogP contribution >= 0.6 is 0 Å². The monoisotopic (exact) mass is 1410 g/mol. The summed E-state index contributed by atoms with van der Waals surface area (Å²) in [7, 11) is 0. The van der Waals surface area contributed by atoms with E-state index >= 15 is 0 Å². The molecule has 100 heavy (non-hydrogen) atoms. The number of unbranched alkanes of at least 4 members (excludes halogenated alkanes) is 39. The zero-order valence-corrected chi connectivity index (χ0v) is 68.8. The van der Waals surface area contributed by atoms with Crippen LogP contribution in [0.1, 0.15) is 384 Å². The van der Waals surface area contributed by atoms with Crippen molar-refractivity contribution in [3.8, 4) is 0 Å². The average molecular weight is 1410 g/mol. The van der Waals surface area contributed by atoms with Gasteiger partial charge in [-0.1, -0.05) is 413 Å². The molecule has 9 nitrogen and oxygen atoms in total. The van der Waals surface area contributed by atoms with Gasteiger partial charge >= 0.3 is 0 Å². The first-order chi connectivity index (χ1) is 48.6. The second-order valence-corrected chi connectivity index (χ2v) is 32.4. The predicted octanol–water partition coefficient (Wildman–Crippen LogP) is 23.8. The van der Waals surface area contributed by atoms with Gasteiger partial charge in [-0.2, -0.15) is 0 Å². The molecule has 0 saturated carbocycles. The third-order valence-corrected chi connectivity index (χ3v) is 22.3. The van der Waals surface area contributed by atoms with E-state index in [1.165, 1.54) is 263 Å². The highest BCUT2D eigenvalue weighted by Gasteiger charge is 2.27. The van der Waals surface area contributed by atoms with Gasteiger partial charge in [-0.05, 0) is 55.8 Å². The molecule has 592 valence electrons. The number of aliphatic hydroxyl groups excluding tert-OH is 5. The second kappa shape index (κ2) is 74.2. The van der Waals surface area contributed by atoms with Crippen molar-refractivity contribution < 1.29 is 25.5 Å². The van der Waals surface area contributed by atoms with Gasteiger partial charge < -0.3 is 25.5 Å². The molecular weight excluding hydrogens is 1230 g/mol. The van der Waals surface area contributed by atoms with E-state index in [-0.39, 0.29) is 29.8 Å². The van der Waals surface area contributed by atoms with Gasteiger partial charge in [0.2, 0.25) is 0 Å². The van der Waals surface area contributed by atoms with Gasteiger partial charge in [-0.3, -0.25) is 19.6 Å². The number of hydrogen-bond donors (Lipinski definition) is 5. The minimum Gasteiger partial charge on any atom is -0.392 e. The van der Waals surface area contributed by atoms with Crippen LogP contribution in [0.3, 0.4) is 0 Å². The third-order valence-electron chi connectivity index (χ3n) is 22.3. The predicted molar refractivity (Wildman–Crippen MR) is 443 cm³/mol. The third kappa shape index (κ3) is 63.6. The van der Waals surface area contributed by atoms with Crippen molar-refractivity contribution in [3.05, 3.63) is 61.3 Å². The van der Waals surface area contributed by atoms with Gasteiger partial charge in [-0.15, -0.1) is 0 Å². The molecule has 10 unspecified atom stereocenters. The number of allylic oxidation sites excluding steroid dienone is 8. The van der Waals surface area contributed by atoms with Crippen molar-refractivity contribution in [1.29, 1.82) is 0 Å². The molecule has 0 radical (unpaired) electrons. The second-order valence-electron chi connectivity index (χ2n) is 32.4. The molecule has 0 aliphatic heterocycles. The van der Waals surface area contributed by atoms with Gasteiger partial charge in [0.1, 0.15) is 0 Å². The maximum atomic E-state index is 12.2. The minimum absolute atomic E-state index is 0.0929. The number of nitrogens with zero attached hydrogens (tertiary/aromatic N) is 4. The first-order valence-electron chi connectivity index (χ1n) is 44.2. The molecule has 0 aromatic rings. The molecule has 0 rings (SSSR count). The zero-order chi connectivity index (χ0) is 73.6. The van der Waals surface area contributed by atoms with Crippen LogP contribution in [0.15, 0.2) is 61.3 Å². The molecule has 0 aliphatic rings. The van der Waals surface area contributed by atoms with Crippen molar-refractivity contribution in [2.45, 2.75) is 414 Å². The zero-order valence-electron chi connectivity index (χ0n) is 68.8. The highest BCUT2D eigenvalue weighted by atomic mass is 16.3. The normalized spacial score (nSPS) is 15.6. The maximum Gasteiger partial charge on any atom is 0.0727 e. The first-order valence-corrected chi connectivity index (χ1v) is 44.2. The van der Waals surface area contributed by atoms with E-state index in [4.69, 9.17) is 0 Å². The lowest BCUT2D eigenvalue weighted by atomic mass is 9.94. The highest BCUT2D eigenvalue weighted by Crippen LogP contribution is 2.23. The summed E-state index contributed by atoms with van der Waals surface area (Å²) in [6.45, 7) is 34.9. The summed E-state index contributed by atoms with van der Waals surface area (Å²) in [6.07, 6.45) is 77.5. The van der Waals surface area contributed by atoms with Crippen LogP contribution in [0.25, 0.3) is 0 Å². The first kappa shape index (κ1) is 98.3. The van der Waals surface area contributed by atoms with E-state index < -0.39 is 24.4 Å². The Morgan fingerprint density at radius 2 is 0.490 bits per heavy atom. The van der Waals surface area contributed by atoms with Crippen molar-refractivity contribution in [2.75, 3.05) is 78.5 Å². The smallest absolute Gasteiger partial charge is 0.0727 e. The van der Waals surface area contributed by atoms with Gasteiger partial charge in [0.15, 0.2) is 0 Å². The Kier molecular flexibility index (Phi) is 73.0. The molecule has 0 bridgehead atoms. The fraction of sp³-hybridized carbons (Fsp3) is 0.890. The lowest BCUT2D eigenvalue weighted by molar-refractivity contribution is 0.0170. The van der Waals surface area contributed by atoms with Gasteiger partial charge in [-0.25, -0.2) is 0 Å². The molecule has 0 aliphatic carbocycles. The SMILES string of the molecule is C=C/C=C/C=C/C=C/C=C/C(C)C(O)CN(CCN(CCN(CC(C)CCCCCCCCCCCC)CC(O)CCCCCCCCCCCC)CCN(CC(O)C(C)CCCCCCCCCC)CC(O)C(C)CCCCCCCCCC)CC(O)C(C)CCCCCCCCCC. The van der Waals surface area contributed by atoms with Crippen LogP contribution in [-0.2, 0) is 0 Å². The summed E-state index contributed by atoms with van der Waals surface area (Å²) in [5, 5.41) is 60.5. The Morgan fingerprint density at radius 1 is 0.250 bits per heavy atom.